The predicted molar refractivity (Wildman–Crippen MR) is 97.2 cm³/mol. The Labute approximate surface area is 145 Å². The molecule has 0 amide bonds. The Morgan fingerprint density at radius 1 is 1.04 bits per heavy atom. The largest absolute Gasteiger partial charge is 0.465 e. The Kier molecular flexibility index (Phi) is 6.64. The Morgan fingerprint density at radius 3 is 2.12 bits per heavy atom. The van der Waals surface area contributed by atoms with E-state index in [1.54, 1.807) is 30.5 Å². The fourth-order valence-electron chi connectivity index (χ4n) is 1.89. The number of aromatic nitrogens is 3. The first-order valence-electron chi connectivity index (χ1n) is 7.87. The molecule has 0 saturated carbocycles. The molecule has 132 valence electrons. The smallest absolute Gasteiger partial charge is 0.337 e. The molecule has 3 N–H and O–H groups in total. The third kappa shape index (κ3) is 5.41. The Morgan fingerprint density at radius 2 is 1.60 bits per heavy atom. The molecule has 0 aliphatic rings. The second kappa shape index (κ2) is 9.16. The van der Waals surface area contributed by atoms with Crippen molar-refractivity contribution in [1.29, 1.82) is 0 Å². The first-order valence-corrected chi connectivity index (χ1v) is 7.87. The first kappa shape index (κ1) is 18.1. The van der Waals surface area contributed by atoms with E-state index in [9.17, 15) is 4.79 Å². The van der Waals surface area contributed by atoms with Crippen molar-refractivity contribution in [3.05, 3.63) is 35.4 Å². The third-order valence-corrected chi connectivity index (χ3v) is 3.02. The van der Waals surface area contributed by atoms with Gasteiger partial charge in [-0.25, -0.2) is 10.2 Å². The molecule has 0 bridgehead atoms. The lowest BCUT2D eigenvalue weighted by molar-refractivity contribution is 0.0600. The molecular formula is C16H21N7O2. The molecule has 9 nitrogen and oxygen atoms in total. The van der Waals surface area contributed by atoms with Crippen molar-refractivity contribution in [3.63, 3.8) is 0 Å². The summed E-state index contributed by atoms with van der Waals surface area (Å²) < 4.78 is 4.66. The van der Waals surface area contributed by atoms with Gasteiger partial charge in [-0.1, -0.05) is 12.1 Å². The number of nitrogens with one attached hydrogen (secondary N) is 3. The van der Waals surface area contributed by atoms with Gasteiger partial charge in [-0.2, -0.15) is 20.1 Å². The fourth-order valence-corrected chi connectivity index (χ4v) is 1.89. The number of carbonyl (C=O) groups excluding carboxylic acids is 1. The van der Waals surface area contributed by atoms with Crippen molar-refractivity contribution >= 4 is 30.0 Å². The van der Waals surface area contributed by atoms with Gasteiger partial charge in [0.2, 0.25) is 17.8 Å². The minimum atomic E-state index is -0.376. The molecule has 1 aromatic heterocycles. The van der Waals surface area contributed by atoms with E-state index in [0.29, 0.717) is 36.5 Å². The lowest BCUT2D eigenvalue weighted by Crippen LogP contribution is -2.10. The number of anilines is 3. The summed E-state index contributed by atoms with van der Waals surface area (Å²) in [6.45, 7) is 5.32. The summed E-state index contributed by atoms with van der Waals surface area (Å²) in [6.07, 6.45) is 1.60. The van der Waals surface area contributed by atoms with Gasteiger partial charge < -0.3 is 15.4 Å². The van der Waals surface area contributed by atoms with Crippen LogP contribution in [-0.2, 0) is 4.74 Å². The number of nitrogens with zero attached hydrogens (tertiary/aromatic N) is 4. The van der Waals surface area contributed by atoms with E-state index in [4.69, 9.17) is 0 Å². The number of ether oxygens (including phenoxy) is 1. The summed E-state index contributed by atoms with van der Waals surface area (Å²) in [5.41, 5.74) is 4.07. The van der Waals surface area contributed by atoms with Crippen LogP contribution in [-0.4, -0.2) is 47.3 Å². The lowest BCUT2D eigenvalue weighted by atomic mass is 10.1. The number of benzene rings is 1. The summed E-state index contributed by atoms with van der Waals surface area (Å²) in [7, 11) is 1.35. The molecule has 0 saturated heterocycles. The number of hydrogen-bond acceptors (Lipinski definition) is 9. The Balaban J connectivity index is 2.06. The average Bonchev–Trinajstić information content (AvgIpc) is 2.62. The molecular weight excluding hydrogens is 322 g/mol. The second-order valence-electron chi connectivity index (χ2n) is 4.85. The SMILES string of the molecule is CCNc1nc(NCC)nc(N/N=C/c2ccc(C(=O)OC)cc2)n1. The van der Waals surface area contributed by atoms with E-state index in [1.165, 1.54) is 7.11 Å². The van der Waals surface area contributed by atoms with Crippen LogP contribution in [0.4, 0.5) is 17.8 Å². The first-order chi connectivity index (χ1) is 12.2. The highest BCUT2D eigenvalue weighted by atomic mass is 16.5. The Bertz CT molecular complexity index is 708. The maximum atomic E-state index is 11.4. The van der Waals surface area contributed by atoms with Crippen molar-refractivity contribution in [3.8, 4) is 0 Å². The number of rotatable bonds is 8. The minimum absolute atomic E-state index is 0.323. The number of esters is 1. The molecule has 2 rings (SSSR count). The van der Waals surface area contributed by atoms with Crippen LogP contribution in [0.3, 0.4) is 0 Å². The standard InChI is InChI=1S/C16H21N7O2/c1-4-17-14-20-15(18-5-2)22-16(21-14)23-19-10-11-6-8-12(9-7-11)13(24)25-3/h6-10H,4-5H2,1-3H3,(H3,17,18,20,21,22,23)/b19-10+. The molecule has 0 atom stereocenters. The monoisotopic (exact) mass is 343 g/mol. The zero-order chi connectivity index (χ0) is 18.1. The normalized spacial score (nSPS) is 10.5. The van der Waals surface area contributed by atoms with Crippen LogP contribution in [0, 0.1) is 0 Å². The number of hydrazone groups is 1. The van der Waals surface area contributed by atoms with Gasteiger partial charge in [0.05, 0.1) is 18.9 Å². The van der Waals surface area contributed by atoms with Crippen molar-refractivity contribution in [2.45, 2.75) is 13.8 Å². The van der Waals surface area contributed by atoms with Crippen LogP contribution in [0.15, 0.2) is 29.4 Å². The summed E-state index contributed by atoms with van der Waals surface area (Å²) in [5.74, 6) is 0.880. The molecule has 1 heterocycles. The molecule has 0 aliphatic carbocycles. The summed E-state index contributed by atoms with van der Waals surface area (Å²) in [5, 5.41) is 10.2. The van der Waals surface area contributed by atoms with Crippen molar-refractivity contribution in [2.75, 3.05) is 36.3 Å². The van der Waals surface area contributed by atoms with Gasteiger partial charge in [0.15, 0.2) is 0 Å². The van der Waals surface area contributed by atoms with Crippen LogP contribution in [0.1, 0.15) is 29.8 Å². The van der Waals surface area contributed by atoms with Crippen molar-refractivity contribution < 1.29 is 9.53 Å². The van der Waals surface area contributed by atoms with Crippen LogP contribution in [0.25, 0.3) is 0 Å². The highest BCUT2D eigenvalue weighted by Crippen LogP contribution is 2.09. The topological polar surface area (TPSA) is 113 Å². The van der Waals surface area contributed by atoms with E-state index in [2.05, 4.69) is 40.8 Å². The molecule has 2 aromatic rings. The average molecular weight is 343 g/mol. The molecule has 0 aliphatic heterocycles. The van der Waals surface area contributed by atoms with E-state index >= 15 is 0 Å². The molecule has 0 fully saturated rings. The Hall–Kier alpha value is -3.23. The van der Waals surface area contributed by atoms with Crippen LogP contribution < -0.4 is 16.1 Å². The molecule has 0 spiro atoms. The number of carbonyl (C=O) groups is 1. The van der Waals surface area contributed by atoms with Crippen molar-refractivity contribution in [2.24, 2.45) is 5.10 Å². The van der Waals surface area contributed by atoms with Crippen LogP contribution in [0.2, 0.25) is 0 Å². The van der Waals surface area contributed by atoms with Gasteiger partial charge in [0, 0.05) is 13.1 Å². The predicted octanol–water partition coefficient (Wildman–Crippen LogP) is 1.97. The van der Waals surface area contributed by atoms with E-state index in [0.717, 1.165) is 5.56 Å². The zero-order valence-corrected chi connectivity index (χ0v) is 14.4. The molecule has 0 unspecified atom stereocenters. The van der Waals surface area contributed by atoms with Gasteiger partial charge >= 0.3 is 5.97 Å². The third-order valence-electron chi connectivity index (χ3n) is 3.02. The quantitative estimate of drug-likeness (QED) is 0.379. The number of hydrogen-bond donors (Lipinski definition) is 3. The number of methoxy groups -OCH3 is 1. The lowest BCUT2D eigenvalue weighted by Gasteiger charge is -2.07. The maximum absolute atomic E-state index is 11.4. The molecule has 25 heavy (non-hydrogen) atoms. The van der Waals surface area contributed by atoms with Gasteiger partial charge in [-0.15, -0.1) is 0 Å². The van der Waals surface area contributed by atoms with E-state index in [-0.39, 0.29) is 5.97 Å². The molecule has 1 aromatic carbocycles. The highest BCUT2D eigenvalue weighted by Gasteiger charge is 2.05. The fraction of sp³-hybridized carbons (Fsp3) is 0.312. The van der Waals surface area contributed by atoms with Crippen molar-refractivity contribution in [1.82, 2.24) is 15.0 Å². The van der Waals surface area contributed by atoms with Gasteiger partial charge in [-0.3, -0.25) is 0 Å². The van der Waals surface area contributed by atoms with E-state index < -0.39 is 0 Å². The zero-order valence-electron chi connectivity index (χ0n) is 14.4. The maximum Gasteiger partial charge on any atom is 0.337 e. The minimum Gasteiger partial charge on any atom is -0.465 e. The molecule has 0 radical (unpaired) electrons. The van der Waals surface area contributed by atoms with Gasteiger partial charge in [0.25, 0.3) is 0 Å². The van der Waals surface area contributed by atoms with Crippen LogP contribution in [0.5, 0.6) is 0 Å². The summed E-state index contributed by atoms with van der Waals surface area (Å²) in [4.78, 5) is 24.1. The van der Waals surface area contributed by atoms with Crippen LogP contribution >= 0.6 is 0 Å². The van der Waals surface area contributed by atoms with Gasteiger partial charge in [0.1, 0.15) is 0 Å². The van der Waals surface area contributed by atoms with Gasteiger partial charge in [-0.05, 0) is 31.5 Å². The highest BCUT2D eigenvalue weighted by molar-refractivity contribution is 5.90. The van der Waals surface area contributed by atoms with E-state index in [1.807, 2.05) is 13.8 Å². The second-order valence-corrected chi connectivity index (χ2v) is 4.85. The summed E-state index contributed by atoms with van der Waals surface area (Å²) >= 11 is 0. The summed E-state index contributed by atoms with van der Waals surface area (Å²) in [6, 6.07) is 6.86. The molecule has 9 heteroatoms.